The van der Waals surface area contributed by atoms with Crippen LogP contribution in [0.15, 0.2) is 42.6 Å². The second-order valence-corrected chi connectivity index (χ2v) is 7.74. The van der Waals surface area contributed by atoms with Gasteiger partial charge in [0.2, 0.25) is 11.8 Å². The van der Waals surface area contributed by atoms with E-state index >= 15 is 0 Å². The molecule has 4 rings (SSSR count). The zero-order valence-corrected chi connectivity index (χ0v) is 16.2. The molecule has 2 aliphatic heterocycles. The summed E-state index contributed by atoms with van der Waals surface area (Å²) in [6.07, 6.45) is 10.3. The van der Waals surface area contributed by atoms with Crippen LogP contribution < -0.4 is 0 Å². The van der Waals surface area contributed by atoms with Crippen LogP contribution in [0.4, 0.5) is 0 Å². The Labute approximate surface area is 166 Å². The average Bonchev–Trinajstić information content (AvgIpc) is 2.77. The van der Waals surface area contributed by atoms with Crippen molar-refractivity contribution in [3.8, 4) is 0 Å². The fraction of sp³-hybridized carbons (Fsp3) is 0.435. The van der Waals surface area contributed by atoms with Gasteiger partial charge in [0.15, 0.2) is 0 Å². The van der Waals surface area contributed by atoms with E-state index in [1.54, 1.807) is 12.3 Å². The first-order chi connectivity index (χ1) is 13.7. The zero-order chi connectivity index (χ0) is 19.3. The lowest BCUT2D eigenvalue weighted by Gasteiger charge is -2.35. The van der Waals surface area contributed by atoms with Gasteiger partial charge in [-0.3, -0.25) is 14.6 Å². The molecule has 5 heteroatoms. The van der Waals surface area contributed by atoms with E-state index in [1.165, 1.54) is 6.42 Å². The summed E-state index contributed by atoms with van der Waals surface area (Å²) in [5.74, 6) is 0.384. The molecular formula is C23H27N3O2. The number of piperidine rings is 2. The van der Waals surface area contributed by atoms with E-state index in [-0.39, 0.29) is 11.8 Å². The summed E-state index contributed by atoms with van der Waals surface area (Å²) in [5.41, 5.74) is 1.85. The molecule has 0 aliphatic carbocycles. The highest BCUT2D eigenvalue weighted by atomic mass is 16.2. The molecule has 0 unspecified atom stereocenters. The van der Waals surface area contributed by atoms with E-state index < -0.39 is 0 Å². The van der Waals surface area contributed by atoms with Crippen molar-refractivity contribution >= 4 is 28.8 Å². The number of para-hydroxylation sites is 1. The fourth-order valence-corrected chi connectivity index (χ4v) is 4.25. The minimum atomic E-state index is 0.0109. The van der Waals surface area contributed by atoms with E-state index in [0.717, 1.165) is 55.2 Å². The van der Waals surface area contributed by atoms with Gasteiger partial charge in [-0.25, -0.2) is 0 Å². The molecule has 2 saturated heterocycles. The highest BCUT2D eigenvalue weighted by molar-refractivity contribution is 5.95. The van der Waals surface area contributed by atoms with E-state index in [9.17, 15) is 9.59 Å². The number of nitrogens with zero attached hydrogens (tertiary/aromatic N) is 3. The third-order valence-corrected chi connectivity index (χ3v) is 5.89. The van der Waals surface area contributed by atoms with Crippen molar-refractivity contribution in [3.63, 3.8) is 0 Å². The van der Waals surface area contributed by atoms with Crippen LogP contribution in [0.5, 0.6) is 0 Å². The highest BCUT2D eigenvalue weighted by Gasteiger charge is 2.30. The van der Waals surface area contributed by atoms with Crippen LogP contribution in [0.3, 0.4) is 0 Å². The van der Waals surface area contributed by atoms with Gasteiger partial charge in [0.05, 0.1) is 5.52 Å². The van der Waals surface area contributed by atoms with Crippen LogP contribution in [0, 0.1) is 5.92 Å². The molecule has 0 atom stereocenters. The molecule has 2 aromatic rings. The quantitative estimate of drug-likeness (QED) is 0.770. The first kappa shape index (κ1) is 18.7. The number of hydrogen-bond acceptors (Lipinski definition) is 3. The third-order valence-electron chi connectivity index (χ3n) is 5.89. The van der Waals surface area contributed by atoms with Crippen LogP contribution in [-0.4, -0.2) is 52.8 Å². The van der Waals surface area contributed by atoms with Gasteiger partial charge >= 0.3 is 0 Å². The summed E-state index contributed by atoms with van der Waals surface area (Å²) in [6.45, 7) is 3.11. The predicted octanol–water partition coefficient (Wildman–Crippen LogP) is 3.50. The van der Waals surface area contributed by atoms with Crippen molar-refractivity contribution in [2.24, 2.45) is 5.92 Å². The molecular weight excluding hydrogens is 350 g/mol. The molecule has 2 aliphatic rings. The molecule has 0 radical (unpaired) electrons. The molecule has 1 aromatic heterocycles. The molecule has 2 amide bonds. The Kier molecular flexibility index (Phi) is 5.70. The van der Waals surface area contributed by atoms with Crippen LogP contribution in [0.2, 0.25) is 0 Å². The van der Waals surface area contributed by atoms with Gasteiger partial charge in [0.1, 0.15) is 0 Å². The van der Waals surface area contributed by atoms with E-state index in [4.69, 9.17) is 0 Å². The van der Waals surface area contributed by atoms with Gasteiger partial charge in [0, 0.05) is 55.3 Å². The molecule has 0 N–H and O–H groups in total. The smallest absolute Gasteiger partial charge is 0.246 e. The number of fused-ring (bicyclic) bond motifs is 1. The van der Waals surface area contributed by atoms with Crippen LogP contribution in [0.1, 0.15) is 37.7 Å². The van der Waals surface area contributed by atoms with Gasteiger partial charge in [-0.1, -0.05) is 24.3 Å². The number of carbonyl (C=O) groups excluding carboxylic acids is 2. The molecule has 28 heavy (non-hydrogen) atoms. The molecule has 1 aromatic carbocycles. The Morgan fingerprint density at radius 3 is 2.46 bits per heavy atom. The molecule has 3 heterocycles. The Morgan fingerprint density at radius 2 is 1.68 bits per heavy atom. The number of rotatable bonds is 3. The maximum atomic E-state index is 12.7. The first-order valence-electron chi connectivity index (χ1n) is 10.3. The topological polar surface area (TPSA) is 53.5 Å². The standard InChI is InChI=1S/C23H27N3O2/c27-21(10-9-19-7-4-6-18-8-5-13-24-22(18)19)25-16-11-20(12-17-25)23(28)26-14-2-1-3-15-26/h4-10,13,20H,1-3,11-12,14-17H2/b10-9+. The summed E-state index contributed by atoms with van der Waals surface area (Å²) in [6, 6.07) is 9.90. The highest BCUT2D eigenvalue weighted by Crippen LogP contribution is 2.23. The zero-order valence-electron chi connectivity index (χ0n) is 16.2. The van der Waals surface area contributed by atoms with Gasteiger partial charge in [0.25, 0.3) is 0 Å². The van der Waals surface area contributed by atoms with E-state index in [1.807, 2.05) is 46.2 Å². The maximum absolute atomic E-state index is 12.7. The predicted molar refractivity (Wildman–Crippen MR) is 111 cm³/mol. The van der Waals surface area contributed by atoms with Crippen molar-refractivity contribution in [1.29, 1.82) is 0 Å². The normalized spacial score (nSPS) is 18.7. The molecule has 5 nitrogen and oxygen atoms in total. The van der Waals surface area contributed by atoms with Crippen molar-refractivity contribution in [2.75, 3.05) is 26.2 Å². The van der Waals surface area contributed by atoms with Gasteiger partial charge in [-0.15, -0.1) is 0 Å². The molecule has 146 valence electrons. The van der Waals surface area contributed by atoms with Gasteiger partial charge in [-0.2, -0.15) is 0 Å². The second kappa shape index (κ2) is 8.55. The van der Waals surface area contributed by atoms with E-state index in [0.29, 0.717) is 19.0 Å². The molecule has 0 bridgehead atoms. The Bertz CT molecular complexity index is 873. The van der Waals surface area contributed by atoms with Crippen molar-refractivity contribution in [1.82, 2.24) is 14.8 Å². The van der Waals surface area contributed by atoms with Gasteiger partial charge in [-0.05, 0) is 44.2 Å². The van der Waals surface area contributed by atoms with Crippen molar-refractivity contribution < 1.29 is 9.59 Å². The van der Waals surface area contributed by atoms with Crippen molar-refractivity contribution in [3.05, 3.63) is 48.2 Å². The summed E-state index contributed by atoms with van der Waals surface area (Å²) < 4.78 is 0. The van der Waals surface area contributed by atoms with Crippen LogP contribution >= 0.6 is 0 Å². The van der Waals surface area contributed by atoms with Gasteiger partial charge < -0.3 is 9.80 Å². The Hall–Kier alpha value is -2.69. The Morgan fingerprint density at radius 1 is 0.929 bits per heavy atom. The number of aromatic nitrogens is 1. The fourth-order valence-electron chi connectivity index (χ4n) is 4.25. The van der Waals surface area contributed by atoms with Crippen LogP contribution in [0.25, 0.3) is 17.0 Å². The summed E-state index contributed by atoms with van der Waals surface area (Å²) in [5, 5.41) is 1.06. The maximum Gasteiger partial charge on any atom is 0.246 e. The number of amides is 2. The third kappa shape index (κ3) is 4.08. The Balaban J connectivity index is 1.35. The largest absolute Gasteiger partial charge is 0.342 e. The number of pyridine rings is 1. The molecule has 0 spiro atoms. The van der Waals surface area contributed by atoms with Crippen molar-refractivity contribution in [2.45, 2.75) is 32.1 Å². The second-order valence-electron chi connectivity index (χ2n) is 7.74. The van der Waals surface area contributed by atoms with E-state index in [2.05, 4.69) is 4.98 Å². The summed E-state index contributed by atoms with van der Waals surface area (Å²) >= 11 is 0. The number of benzene rings is 1. The molecule has 2 fully saturated rings. The number of carbonyl (C=O) groups is 2. The lowest BCUT2D eigenvalue weighted by atomic mass is 9.94. The minimum absolute atomic E-state index is 0.0109. The number of likely N-dealkylation sites (tertiary alicyclic amines) is 2. The number of hydrogen-bond donors (Lipinski definition) is 0. The summed E-state index contributed by atoms with van der Waals surface area (Å²) in [7, 11) is 0. The minimum Gasteiger partial charge on any atom is -0.342 e. The molecule has 0 saturated carbocycles. The SMILES string of the molecule is O=C(/C=C/c1cccc2cccnc12)N1CCC(C(=O)N2CCCCC2)CC1. The summed E-state index contributed by atoms with van der Waals surface area (Å²) in [4.78, 5) is 33.6. The lowest BCUT2D eigenvalue weighted by Crippen LogP contribution is -2.45. The average molecular weight is 377 g/mol. The first-order valence-corrected chi connectivity index (χ1v) is 10.3. The van der Waals surface area contributed by atoms with Crippen LogP contribution in [-0.2, 0) is 9.59 Å². The lowest BCUT2D eigenvalue weighted by molar-refractivity contribution is -0.140. The monoisotopic (exact) mass is 377 g/mol.